The second kappa shape index (κ2) is 17.5. The number of allylic oxidation sites excluding steroid dienone is 2. The second-order valence-corrected chi connectivity index (χ2v) is 13.1. The number of Topliss-reactive ketones (excluding diaryl/α,β-unsaturated/α-hetero) is 2. The van der Waals surface area contributed by atoms with Gasteiger partial charge in [0.05, 0.1) is 25.4 Å². The predicted octanol–water partition coefficient (Wildman–Crippen LogP) is 2.47. The molecule has 4 heterocycles. The Kier molecular flexibility index (Phi) is 13.5. The van der Waals surface area contributed by atoms with E-state index in [0.29, 0.717) is 12.8 Å². The molecule has 4 saturated heterocycles. The minimum Gasteiger partial charge on any atom is -0.388 e. The van der Waals surface area contributed by atoms with Crippen LogP contribution in [0.2, 0.25) is 0 Å². The van der Waals surface area contributed by atoms with Crippen LogP contribution < -0.4 is 0 Å². The van der Waals surface area contributed by atoms with Crippen molar-refractivity contribution in [1.29, 1.82) is 0 Å². The first-order valence-corrected chi connectivity index (χ1v) is 17.2. The largest absolute Gasteiger partial charge is 0.388 e. The Morgan fingerprint density at radius 3 is 1.54 bits per heavy atom. The standard InChI is InChI=1S/C36H50O12/c1-3-8-29-43-19-27-35(47-29)33(41)31(39)25(45-27)17-23(37)14-6-12-21-10-5-11-22(16-21)13-7-15-24(38)18-26-32(40)34(42)36-28(46-26)20-44-30(48-36)9-4-2/h5-7,10-13,16,25-36,39-42H,3-4,8-9,14-15,17-20H2,1-2H3/b12-6+,13-7+/t25-,26-,27+,28+,29?,30?,31-,32-,33+,34+,35+,36+/m0/s1. The van der Waals surface area contributed by atoms with Gasteiger partial charge in [-0.25, -0.2) is 0 Å². The summed E-state index contributed by atoms with van der Waals surface area (Å²) in [7, 11) is 0. The summed E-state index contributed by atoms with van der Waals surface area (Å²) in [4.78, 5) is 25.5. The van der Waals surface area contributed by atoms with Gasteiger partial charge in [-0.15, -0.1) is 0 Å². The summed E-state index contributed by atoms with van der Waals surface area (Å²) in [5.74, 6) is -0.285. The number of benzene rings is 1. The number of rotatable bonds is 14. The molecular formula is C36H50O12. The highest BCUT2D eigenvalue weighted by molar-refractivity contribution is 5.82. The molecule has 0 radical (unpaired) electrons. The van der Waals surface area contributed by atoms with E-state index in [4.69, 9.17) is 28.4 Å². The van der Waals surface area contributed by atoms with Crippen LogP contribution in [-0.2, 0) is 38.0 Å². The first-order valence-electron chi connectivity index (χ1n) is 17.2. The molecule has 0 bridgehead atoms. The normalized spacial score (nSPS) is 37.0. The molecule has 12 nitrogen and oxygen atoms in total. The molecule has 12 atom stereocenters. The van der Waals surface area contributed by atoms with Gasteiger partial charge in [-0.3, -0.25) is 9.59 Å². The van der Waals surface area contributed by atoms with Crippen LogP contribution in [0.15, 0.2) is 36.4 Å². The Balaban J connectivity index is 1.05. The topological polar surface area (TPSA) is 170 Å². The van der Waals surface area contributed by atoms with Gasteiger partial charge in [0.2, 0.25) is 0 Å². The average Bonchev–Trinajstić information content (AvgIpc) is 3.07. The summed E-state index contributed by atoms with van der Waals surface area (Å²) in [5.41, 5.74) is 1.73. The molecule has 4 aliphatic rings. The fourth-order valence-electron chi connectivity index (χ4n) is 6.62. The molecule has 2 unspecified atom stereocenters. The van der Waals surface area contributed by atoms with Gasteiger partial charge >= 0.3 is 0 Å². The van der Waals surface area contributed by atoms with Gasteiger partial charge in [-0.05, 0) is 30.0 Å². The van der Waals surface area contributed by atoms with Crippen LogP contribution >= 0.6 is 0 Å². The van der Waals surface area contributed by atoms with Crippen LogP contribution in [0, 0.1) is 0 Å². The first-order chi connectivity index (χ1) is 23.2. The van der Waals surface area contributed by atoms with Crippen molar-refractivity contribution < 1.29 is 58.4 Å². The maximum atomic E-state index is 12.7. The molecule has 4 aliphatic heterocycles. The number of carbonyl (C=O) groups is 2. The fourth-order valence-corrected chi connectivity index (χ4v) is 6.62. The van der Waals surface area contributed by atoms with E-state index in [1.54, 1.807) is 12.2 Å². The molecule has 266 valence electrons. The van der Waals surface area contributed by atoms with Crippen LogP contribution in [0.4, 0.5) is 0 Å². The SMILES string of the molecule is CCCC1OC[C@H]2O[C@@H](CC(=O)C/C=C/c3cccc(/C=C/CC(=O)C[C@@H]4O[C@@H]5COC(CCC)O[C@H]5[C@H](O)[C@H]4O)c3)[C@H](O)[C@@H](O)[C@@H]2O1. The highest BCUT2D eigenvalue weighted by Crippen LogP contribution is 2.32. The Morgan fingerprint density at radius 2 is 1.12 bits per heavy atom. The van der Waals surface area contributed by atoms with Gasteiger partial charge in [0.15, 0.2) is 12.6 Å². The number of hydrogen-bond donors (Lipinski definition) is 4. The fraction of sp³-hybridized carbons (Fsp3) is 0.667. The number of ketones is 2. The van der Waals surface area contributed by atoms with Gasteiger partial charge in [0.1, 0.15) is 60.4 Å². The quantitative estimate of drug-likeness (QED) is 0.228. The number of hydrogen-bond acceptors (Lipinski definition) is 12. The third-order valence-corrected chi connectivity index (χ3v) is 9.21. The predicted molar refractivity (Wildman–Crippen MR) is 173 cm³/mol. The van der Waals surface area contributed by atoms with Crippen molar-refractivity contribution in [3.8, 4) is 0 Å². The molecule has 4 fully saturated rings. The average molecular weight is 675 g/mol. The molecule has 48 heavy (non-hydrogen) atoms. The van der Waals surface area contributed by atoms with Crippen molar-refractivity contribution in [2.45, 2.75) is 139 Å². The van der Waals surface area contributed by atoms with Crippen molar-refractivity contribution in [2.24, 2.45) is 0 Å². The van der Waals surface area contributed by atoms with E-state index in [0.717, 1.165) is 24.0 Å². The number of aliphatic hydroxyl groups excluding tert-OH is 4. The van der Waals surface area contributed by atoms with Crippen LogP contribution in [0.5, 0.6) is 0 Å². The molecule has 0 aliphatic carbocycles. The highest BCUT2D eigenvalue weighted by atomic mass is 16.7. The van der Waals surface area contributed by atoms with Crippen molar-refractivity contribution in [1.82, 2.24) is 0 Å². The monoisotopic (exact) mass is 674 g/mol. The number of aliphatic hydroxyl groups is 4. The minimum atomic E-state index is -1.24. The number of fused-ring (bicyclic) bond motifs is 2. The zero-order valence-electron chi connectivity index (χ0n) is 27.7. The lowest BCUT2D eigenvalue weighted by Gasteiger charge is -2.46. The summed E-state index contributed by atoms with van der Waals surface area (Å²) < 4.78 is 34.7. The van der Waals surface area contributed by atoms with E-state index in [2.05, 4.69) is 0 Å². The third-order valence-electron chi connectivity index (χ3n) is 9.21. The lowest BCUT2D eigenvalue weighted by Crippen LogP contribution is -2.62. The Hall–Kier alpha value is -2.36. The molecule has 0 aromatic heterocycles. The summed E-state index contributed by atoms with van der Waals surface area (Å²) in [5, 5.41) is 42.5. The number of ether oxygens (including phenoxy) is 6. The van der Waals surface area contributed by atoms with Crippen molar-refractivity contribution in [3.05, 3.63) is 47.5 Å². The van der Waals surface area contributed by atoms with Gasteiger partial charge < -0.3 is 48.8 Å². The lowest BCUT2D eigenvalue weighted by atomic mass is 9.91. The van der Waals surface area contributed by atoms with Gasteiger partial charge in [-0.2, -0.15) is 0 Å². The number of carbonyl (C=O) groups excluding carboxylic acids is 2. The molecular weight excluding hydrogens is 624 g/mol. The van der Waals surface area contributed by atoms with Crippen LogP contribution in [0.25, 0.3) is 12.2 Å². The summed E-state index contributed by atoms with van der Waals surface area (Å²) in [6.45, 7) is 4.48. The highest BCUT2D eigenvalue weighted by Gasteiger charge is 2.49. The van der Waals surface area contributed by atoms with Crippen molar-refractivity contribution in [2.75, 3.05) is 13.2 Å². The summed E-state index contributed by atoms with van der Waals surface area (Å²) in [6, 6.07) is 7.58. The second-order valence-electron chi connectivity index (χ2n) is 13.1. The maximum Gasteiger partial charge on any atom is 0.158 e. The summed E-state index contributed by atoms with van der Waals surface area (Å²) >= 11 is 0. The zero-order valence-corrected chi connectivity index (χ0v) is 27.7. The minimum absolute atomic E-state index is 0.0505. The van der Waals surface area contributed by atoms with Crippen molar-refractivity contribution >= 4 is 23.7 Å². The summed E-state index contributed by atoms with van der Waals surface area (Å²) in [6.07, 6.45) is 0.467. The van der Waals surface area contributed by atoms with Crippen LogP contribution in [0.3, 0.4) is 0 Å². The smallest absolute Gasteiger partial charge is 0.158 e. The Bertz CT molecular complexity index is 1170. The molecule has 4 N–H and O–H groups in total. The molecule has 12 heteroatoms. The van der Waals surface area contributed by atoms with Crippen LogP contribution in [0.1, 0.15) is 76.3 Å². The van der Waals surface area contributed by atoms with Gasteiger partial charge in [0.25, 0.3) is 0 Å². The van der Waals surface area contributed by atoms with E-state index in [9.17, 15) is 30.0 Å². The first kappa shape index (κ1) is 36.9. The van der Waals surface area contributed by atoms with E-state index in [1.807, 2.05) is 50.3 Å². The van der Waals surface area contributed by atoms with Crippen LogP contribution in [-0.4, -0.2) is 119 Å². The van der Waals surface area contributed by atoms with Gasteiger partial charge in [-0.1, -0.05) is 69.2 Å². The molecule has 0 amide bonds. The maximum absolute atomic E-state index is 12.7. The van der Waals surface area contributed by atoms with E-state index >= 15 is 0 Å². The molecule has 1 aromatic rings. The Morgan fingerprint density at radius 1 is 0.688 bits per heavy atom. The third kappa shape index (κ3) is 9.45. The lowest BCUT2D eigenvalue weighted by molar-refractivity contribution is -0.325. The van der Waals surface area contributed by atoms with E-state index in [1.165, 1.54) is 0 Å². The Labute approximate surface area is 281 Å². The van der Waals surface area contributed by atoms with Crippen molar-refractivity contribution in [3.63, 3.8) is 0 Å². The molecule has 5 rings (SSSR count). The van der Waals surface area contributed by atoms with E-state index in [-0.39, 0.29) is 50.5 Å². The molecule has 1 aromatic carbocycles. The van der Waals surface area contributed by atoms with E-state index < -0.39 is 73.6 Å². The van der Waals surface area contributed by atoms with Gasteiger partial charge in [0, 0.05) is 25.7 Å². The zero-order chi connectivity index (χ0) is 34.2. The molecule has 0 spiro atoms. The molecule has 0 saturated carbocycles.